The quantitative estimate of drug-likeness (QED) is 0.0438. The number of nitrogens with two attached hydrogens (primary N) is 1. The summed E-state index contributed by atoms with van der Waals surface area (Å²) in [6.45, 7) is 19.1. The molecule has 344 valence electrons. The van der Waals surface area contributed by atoms with Gasteiger partial charge in [0, 0.05) is 33.0 Å². The molecule has 18 nitrogen and oxygen atoms in total. The van der Waals surface area contributed by atoms with Gasteiger partial charge in [0.05, 0.1) is 12.1 Å². The Labute approximate surface area is 358 Å². The number of unbranched alkanes of at least 4 members (excludes halogenated alkanes) is 3. The van der Waals surface area contributed by atoms with Crippen molar-refractivity contribution in [2.45, 2.75) is 170 Å². The van der Waals surface area contributed by atoms with Gasteiger partial charge in [0.2, 0.25) is 42.4 Å². The van der Waals surface area contributed by atoms with Crippen molar-refractivity contribution < 1.29 is 43.2 Å². The Hall–Kier alpha value is -4.32. The molecule has 60 heavy (non-hydrogen) atoms. The van der Waals surface area contributed by atoms with Gasteiger partial charge in [-0.2, -0.15) is 0 Å². The van der Waals surface area contributed by atoms with Crippen LogP contribution in [0.4, 0.5) is 0 Å². The van der Waals surface area contributed by atoms with Crippen LogP contribution in [0.5, 0.6) is 0 Å². The molecular weight excluding hydrogens is 775 g/mol. The summed E-state index contributed by atoms with van der Waals surface area (Å²) in [5.74, 6) is -3.02. The highest BCUT2D eigenvalue weighted by Crippen LogP contribution is 2.26. The monoisotopic (exact) mass is 852 g/mol. The maximum absolute atomic E-state index is 14.6. The Balaban J connectivity index is 3.37. The number of carbonyl (C=O) groups is 8. The first-order valence-electron chi connectivity index (χ1n) is 21.7. The first-order valence-corrected chi connectivity index (χ1v) is 21.7. The summed E-state index contributed by atoms with van der Waals surface area (Å²) < 4.78 is 0. The molecule has 1 aliphatic rings. The van der Waals surface area contributed by atoms with Gasteiger partial charge in [-0.3, -0.25) is 54.0 Å². The number of nitrogens with one attached hydrogen (secondary N) is 4. The smallest absolute Gasteiger partial charge is 0.260 e. The molecule has 4 atom stereocenters. The minimum Gasteiger partial charge on any atom is -0.343 e. The summed E-state index contributed by atoms with van der Waals surface area (Å²) in [4.78, 5) is 115. The molecule has 0 spiro atoms. The molecular formula is C42H77N9O9. The van der Waals surface area contributed by atoms with E-state index in [1.165, 1.54) is 21.8 Å². The molecule has 8 amide bonds. The SMILES string of the molecule is CC(=O)N1CCC[C@H]1N(C=O)[C@@H](CC(C)C)C(=O)N(CCCCN(C=O)OC(C)(C)C)CC(=O)N[C@@H](CC(C)C)C(=O)N[C@@H](CC(C)C)C(=O)NNC(=O)CCCCCN. The second kappa shape index (κ2) is 27.5. The van der Waals surface area contributed by atoms with Crippen LogP contribution in [0, 0.1) is 17.8 Å². The fraction of sp³-hybridized carbons (Fsp3) is 0.810. The number of rotatable bonds is 28. The van der Waals surface area contributed by atoms with E-state index in [0.717, 1.165) is 12.8 Å². The molecule has 1 saturated heterocycles. The molecule has 1 fully saturated rings. The summed E-state index contributed by atoms with van der Waals surface area (Å²) in [6.07, 6.45) is 5.63. The van der Waals surface area contributed by atoms with Crippen molar-refractivity contribution in [2.75, 3.05) is 32.7 Å². The van der Waals surface area contributed by atoms with Crippen LogP contribution < -0.4 is 27.2 Å². The van der Waals surface area contributed by atoms with E-state index in [2.05, 4.69) is 21.5 Å². The Morgan fingerprint density at radius 1 is 0.767 bits per heavy atom. The van der Waals surface area contributed by atoms with E-state index >= 15 is 0 Å². The van der Waals surface area contributed by atoms with Crippen molar-refractivity contribution in [1.82, 2.24) is 41.2 Å². The zero-order chi connectivity index (χ0) is 45.6. The van der Waals surface area contributed by atoms with Crippen molar-refractivity contribution in [3.63, 3.8) is 0 Å². The number of hydroxylamine groups is 2. The maximum atomic E-state index is 14.6. The number of hydrogen-bond donors (Lipinski definition) is 5. The number of likely N-dealkylation sites (tertiary alicyclic amines) is 1. The number of hydrogen-bond acceptors (Lipinski definition) is 10. The highest BCUT2D eigenvalue weighted by Gasteiger charge is 2.40. The van der Waals surface area contributed by atoms with Crippen LogP contribution in [-0.4, -0.2) is 131 Å². The van der Waals surface area contributed by atoms with Gasteiger partial charge in [0.15, 0.2) is 0 Å². The minimum absolute atomic E-state index is 0.0131. The van der Waals surface area contributed by atoms with Gasteiger partial charge in [-0.15, -0.1) is 0 Å². The zero-order valence-corrected chi connectivity index (χ0v) is 38.1. The molecule has 1 heterocycles. The van der Waals surface area contributed by atoms with E-state index in [1.54, 1.807) is 4.90 Å². The van der Waals surface area contributed by atoms with Gasteiger partial charge < -0.3 is 31.1 Å². The van der Waals surface area contributed by atoms with Crippen LogP contribution in [0.3, 0.4) is 0 Å². The second-order valence-electron chi connectivity index (χ2n) is 18.0. The van der Waals surface area contributed by atoms with Crippen molar-refractivity contribution in [2.24, 2.45) is 23.5 Å². The summed E-state index contributed by atoms with van der Waals surface area (Å²) in [5, 5.41) is 6.74. The van der Waals surface area contributed by atoms with E-state index in [1.807, 2.05) is 62.3 Å². The molecule has 0 aliphatic carbocycles. The van der Waals surface area contributed by atoms with E-state index in [9.17, 15) is 38.4 Å². The maximum Gasteiger partial charge on any atom is 0.260 e. The topological polar surface area (TPSA) is 233 Å². The molecule has 0 radical (unpaired) electrons. The van der Waals surface area contributed by atoms with Crippen molar-refractivity contribution in [3.05, 3.63) is 0 Å². The van der Waals surface area contributed by atoms with E-state index in [-0.39, 0.29) is 68.3 Å². The molecule has 0 aromatic rings. The zero-order valence-electron chi connectivity index (χ0n) is 38.1. The molecule has 18 heteroatoms. The molecule has 0 aromatic heterocycles. The predicted octanol–water partition coefficient (Wildman–Crippen LogP) is 2.35. The third-order valence-electron chi connectivity index (χ3n) is 9.77. The molecule has 1 rings (SSSR count). The van der Waals surface area contributed by atoms with Gasteiger partial charge >= 0.3 is 0 Å². The Morgan fingerprint density at radius 2 is 1.37 bits per heavy atom. The first kappa shape index (κ1) is 53.7. The summed E-state index contributed by atoms with van der Waals surface area (Å²) in [6, 6.07) is -3.10. The lowest BCUT2D eigenvalue weighted by atomic mass is 9.99. The van der Waals surface area contributed by atoms with Crippen LogP contribution in [0.25, 0.3) is 0 Å². The lowest BCUT2D eigenvalue weighted by Gasteiger charge is -2.39. The van der Waals surface area contributed by atoms with Crippen molar-refractivity contribution >= 4 is 48.3 Å². The molecule has 0 aromatic carbocycles. The van der Waals surface area contributed by atoms with Gasteiger partial charge in [-0.1, -0.05) is 48.0 Å². The summed E-state index contributed by atoms with van der Waals surface area (Å²) in [7, 11) is 0. The van der Waals surface area contributed by atoms with Crippen molar-refractivity contribution in [3.8, 4) is 0 Å². The largest absolute Gasteiger partial charge is 0.343 e. The second-order valence-corrected chi connectivity index (χ2v) is 18.0. The molecule has 0 bridgehead atoms. The third-order valence-corrected chi connectivity index (χ3v) is 9.77. The van der Waals surface area contributed by atoms with Crippen LogP contribution in [0.15, 0.2) is 0 Å². The van der Waals surface area contributed by atoms with Gasteiger partial charge in [0.25, 0.3) is 5.91 Å². The summed E-state index contributed by atoms with van der Waals surface area (Å²) in [5.41, 5.74) is 9.73. The van der Waals surface area contributed by atoms with Gasteiger partial charge in [-0.05, 0) is 103 Å². The molecule has 0 unspecified atom stereocenters. The first-order chi connectivity index (χ1) is 28.1. The lowest BCUT2D eigenvalue weighted by molar-refractivity contribution is -0.216. The minimum atomic E-state index is -1.08. The van der Waals surface area contributed by atoms with Crippen LogP contribution in [-0.2, 0) is 43.2 Å². The van der Waals surface area contributed by atoms with Crippen LogP contribution in [0.1, 0.15) is 140 Å². The van der Waals surface area contributed by atoms with Crippen molar-refractivity contribution in [1.29, 1.82) is 0 Å². The number of amides is 8. The van der Waals surface area contributed by atoms with Gasteiger partial charge in [-0.25, -0.2) is 5.06 Å². The number of carbonyl (C=O) groups excluding carboxylic acids is 8. The average Bonchev–Trinajstić information content (AvgIpc) is 3.64. The predicted molar refractivity (Wildman–Crippen MR) is 228 cm³/mol. The number of hydrazine groups is 1. The third kappa shape index (κ3) is 20.8. The van der Waals surface area contributed by atoms with E-state index < -0.39 is 60.1 Å². The molecule has 0 saturated carbocycles. The van der Waals surface area contributed by atoms with E-state index in [4.69, 9.17) is 10.6 Å². The van der Waals surface area contributed by atoms with Crippen LogP contribution in [0.2, 0.25) is 0 Å². The number of nitrogens with zero attached hydrogens (tertiary/aromatic N) is 4. The molecule has 1 aliphatic heterocycles. The summed E-state index contributed by atoms with van der Waals surface area (Å²) >= 11 is 0. The Kier molecular flexibility index (Phi) is 24.6. The average molecular weight is 852 g/mol. The highest BCUT2D eigenvalue weighted by atomic mass is 16.7. The fourth-order valence-corrected chi connectivity index (χ4v) is 7.07. The standard InChI is InChI=1S/C42H77N9O9/c1-29(2)23-33(39(57)45-34(24-30(3)4)40(58)47-46-36(55)17-12-11-13-19-43)44-37(56)26-48(20-14-15-21-49(27-52)60-42(8,9)10)41(59)35(25-31(5)6)51(28-53)38-18-16-22-50(38)32(7)54/h27-31,33-35,38H,11-26,43H2,1-10H3,(H,44,56)(H,45,57)(H,46,55)(H,47,58)/t33-,34-,35-,38+/m0/s1. The van der Waals surface area contributed by atoms with E-state index in [0.29, 0.717) is 58.0 Å². The fourth-order valence-electron chi connectivity index (χ4n) is 7.07. The highest BCUT2D eigenvalue weighted by molar-refractivity contribution is 5.94. The lowest BCUT2D eigenvalue weighted by Crippen LogP contribution is -2.59. The molecule has 6 N–H and O–H groups in total. The Bertz CT molecular complexity index is 1390. The van der Waals surface area contributed by atoms with Gasteiger partial charge in [0.1, 0.15) is 24.3 Å². The Morgan fingerprint density at radius 3 is 1.90 bits per heavy atom. The van der Waals surface area contributed by atoms with Crippen LogP contribution >= 0.6 is 0 Å². The normalized spacial score (nSPS) is 15.6.